The number of imide groups is 1. The molecule has 0 radical (unpaired) electrons. The van der Waals surface area contributed by atoms with Gasteiger partial charge in [0.1, 0.15) is 15.7 Å². The number of carbonyl (C=O) groups is 2. The van der Waals surface area contributed by atoms with Gasteiger partial charge in [0.2, 0.25) is 5.91 Å². The Morgan fingerprint density at radius 2 is 1.93 bits per heavy atom. The number of thioether (sulfide) groups is 1. The molecule has 0 spiro atoms. The summed E-state index contributed by atoms with van der Waals surface area (Å²) < 4.78 is 0. The highest BCUT2D eigenvalue weighted by molar-refractivity contribution is 8.00. The zero-order valence-corrected chi connectivity index (χ0v) is 17.9. The van der Waals surface area contributed by atoms with Crippen molar-refractivity contribution in [3.05, 3.63) is 16.3 Å². The van der Waals surface area contributed by atoms with E-state index < -0.39 is 6.03 Å². The van der Waals surface area contributed by atoms with Crippen LogP contribution in [0.3, 0.4) is 0 Å². The van der Waals surface area contributed by atoms with E-state index in [1.807, 2.05) is 6.92 Å². The summed E-state index contributed by atoms with van der Waals surface area (Å²) >= 11 is 2.99. The third-order valence-corrected chi connectivity index (χ3v) is 7.20. The van der Waals surface area contributed by atoms with Crippen LogP contribution in [0.1, 0.15) is 48.9 Å². The predicted octanol–water partition coefficient (Wildman–Crippen LogP) is 4.11. The standard InChI is InChI=1S/C19H26N4O2S2/c1-10-7-5-6-8-14(10)22-19(25)23-15(24)9-26-17-16-11(2)12(3)27-18(16)21-13(4)20-17/h10,14H,5-9H2,1-4H3,(H2,22,23,24,25)/t10-,14-/m1/s1. The Kier molecular flexibility index (Phi) is 6.37. The van der Waals surface area contributed by atoms with Gasteiger partial charge >= 0.3 is 6.03 Å². The number of hydrogen-bond donors (Lipinski definition) is 2. The molecule has 3 rings (SSSR count). The molecule has 0 aliphatic heterocycles. The fourth-order valence-corrected chi connectivity index (χ4v) is 5.52. The average molecular weight is 407 g/mol. The molecule has 1 fully saturated rings. The van der Waals surface area contributed by atoms with Gasteiger partial charge in [0, 0.05) is 16.3 Å². The second kappa shape index (κ2) is 8.56. The van der Waals surface area contributed by atoms with Crippen LogP contribution in [0.15, 0.2) is 5.03 Å². The van der Waals surface area contributed by atoms with Crippen LogP contribution in [0.25, 0.3) is 10.2 Å². The molecule has 0 aromatic carbocycles. The number of aromatic nitrogens is 2. The van der Waals surface area contributed by atoms with Crippen LogP contribution in [0.4, 0.5) is 4.79 Å². The number of hydrogen-bond acceptors (Lipinski definition) is 6. The third-order valence-electron chi connectivity index (χ3n) is 5.13. The van der Waals surface area contributed by atoms with Crippen molar-refractivity contribution in [1.29, 1.82) is 0 Å². The number of thiophene rings is 1. The third kappa shape index (κ3) is 4.79. The first-order valence-electron chi connectivity index (χ1n) is 9.32. The molecule has 2 aromatic rings. The number of aryl methyl sites for hydroxylation is 3. The SMILES string of the molecule is Cc1nc(SCC(=O)NC(=O)N[C@@H]2CCCC[C@H]2C)c2c(C)c(C)sc2n1. The Morgan fingerprint density at radius 3 is 2.67 bits per heavy atom. The summed E-state index contributed by atoms with van der Waals surface area (Å²) in [5, 5.41) is 7.21. The van der Waals surface area contributed by atoms with Crippen LogP contribution >= 0.6 is 23.1 Å². The number of nitrogens with zero attached hydrogens (tertiary/aromatic N) is 2. The van der Waals surface area contributed by atoms with Crippen LogP contribution in [0, 0.1) is 26.7 Å². The molecule has 1 aliphatic rings. The van der Waals surface area contributed by atoms with Crippen LogP contribution in [0.5, 0.6) is 0 Å². The lowest BCUT2D eigenvalue weighted by Crippen LogP contribution is -2.48. The number of fused-ring (bicyclic) bond motifs is 1. The number of rotatable bonds is 4. The summed E-state index contributed by atoms with van der Waals surface area (Å²) in [4.78, 5) is 35.5. The number of carbonyl (C=O) groups excluding carboxylic acids is 2. The van der Waals surface area contributed by atoms with Crippen LogP contribution in [-0.2, 0) is 4.79 Å². The zero-order valence-electron chi connectivity index (χ0n) is 16.2. The minimum absolute atomic E-state index is 0.146. The van der Waals surface area contributed by atoms with Gasteiger partial charge in [-0.25, -0.2) is 14.8 Å². The van der Waals surface area contributed by atoms with E-state index in [9.17, 15) is 9.59 Å². The van der Waals surface area contributed by atoms with E-state index in [4.69, 9.17) is 0 Å². The van der Waals surface area contributed by atoms with Crippen molar-refractivity contribution in [2.75, 3.05) is 5.75 Å². The van der Waals surface area contributed by atoms with Crippen molar-refractivity contribution in [2.45, 2.75) is 64.4 Å². The topological polar surface area (TPSA) is 84.0 Å². The Balaban J connectivity index is 1.59. The van der Waals surface area contributed by atoms with E-state index in [1.165, 1.54) is 23.1 Å². The van der Waals surface area contributed by atoms with Gasteiger partial charge < -0.3 is 5.32 Å². The molecule has 27 heavy (non-hydrogen) atoms. The van der Waals surface area contributed by atoms with E-state index in [0.29, 0.717) is 11.7 Å². The Morgan fingerprint density at radius 1 is 1.19 bits per heavy atom. The quantitative estimate of drug-likeness (QED) is 0.590. The maximum Gasteiger partial charge on any atom is 0.321 e. The van der Waals surface area contributed by atoms with Gasteiger partial charge in [-0.2, -0.15) is 0 Å². The number of amides is 3. The Labute approximate surface area is 167 Å². The lowest BCUT2D eigenvalue weighted by Gasteiger charge is -2.29. The lowest BCUT2D eigenvalue weighted by molar-refractivity contribution is -0.117. The van der Waals surface area contributed by atoms with Gasteiger partial charge in [0.05, 0.1) is 5.75 Å². The molecule has 2 N–H and O–H groups in total. The van der Waals surface area contributed by atoms with Crippen molar-refractivity contribution >= 4 is 45.3 Å². The maximum atomic E-state index is 12.2. The summed E-state index contributed by atoms with van der Waals surface area (Å²) in [5.41, 5.74) is 1.15. The monoisotopic (exact) mass is 406 g/mol. The van der Waals surface area contributed by atoms with Crippen molar-refractivity contribution in [3.63, 3.8) is 0 Å². The molecular weight excluding hydrogens is 380 g/mol. The maximum absolute atomic E-state index is 12.2. The van der Waals surface area contributed by atoms with Crippen molar-refractivity contribution in [3.8, 4) is 0 Å². The Hall–Kier alpha value is -1.67. The molecule has 0 saturated heterocycles. The highest BCUT2D eigenvalue weighted by Gasteiger charge is 2.23. The second-order valence-corrected chi connectivity index (χ2v) is 9.39. The normalized spacial score (nSPS) is 19.9. The molecule has 0 unspecified atom stereocenters. The van der Waals surface area contributed by atoms with Gasteiger partial charge in [0.15, 0.2) is 0 Å². The summed E-state index contributed by atoms with van der Waals surface area (Å²) in [6.45, 7) is 8.12. The minimum Gasteiger partial charge on any atom is -0.335 e. The fourth-order valence-electron chi connectivity index (χ4n) is 3.45. The van der Waals surface area contributed by atoms with E-state index >= 15 is 0 Å². The molecule has 2 heterocycles. The second-order valence-electron chi connectivity index (χ2n) is 7.22. The van der Waals surface area contributed by atoms with Crippen molar-refractivity contribution in [1.82, 2.24) is 20.6 Å². The Bertz CT molecular complexity index is 865. The summed E-state index contributed by atoms with van der Waals surface area (Å²) in [6, 6.07) is -0.245. The van der Waals surface area contributed by atoms with Crippen LogP contribution < -0.4 is 10.6 Å². The average Bonchev–Trinajstić information content (AvgIpc) is 2.88. The largest absolute Gasteiger partial charge is 0.335 e. The lowest BCUT2D eigenvalue weighted by atomic mass is 9.86. The highest BCUT2D eigenvalue weighted by Crippen LogP contribution is 2.35. The van der Waals surface area contributed by atoms with E-state index in [2.05, 4.69) is 41.4 Å². The van der Waals surface area contributed by atoms with Crippen LogP contribution in [-0.4, -0.2) is 33.7 Å². The molecule has 1 saturated carbocycles. The predicted molar refractivity (Wildman–Crippen MR) is 110 cm³/mol. The van der Waals surface area contributed by atoms with E-state index in [1.54, 1.807) is 11.3 Å². The fraction of sp³-hybridized carbons (Fsp3) is 0.579. The highest BCUT2D eigenvalue weighted by atomic mass is 32.2. The van der Waals surface area contributed by atoms with Gasteiger partial charge in [-0.1, -0.05) is 31.5 Å². The molecule has 2 atom stereocenters. The van der Waals surface area contributed by atoms with Crippen LogP contribution in [0.2, 0.25) is 0 Å². The summed E-state index contributed by atoms with van der Waals surface area (Å²) in [7, 11) is 0. The van der Waals surface area contributed by atoms with Gasteiger partial charge in [-0.15, -0.1) is 11.3 Å². The van der Waals surface area contributed by atoms with E-state index in [-0.39, 0.29) is 17.7 Å². The van der Waals surface area contributed by atoms with Gasteiger partial charge in [0.25, 0.3) is 0 Å². The summed E-state index contributed by atoms with van der Waals surface area (Å²) in [5.74, 6) is 0.981. The van der Waals surface area contributed by atoms with Crippen molar-refractivity contribution in [2.24, 2.45) is 5.92 Å². The molecule has 146 valence electrons. The first kappa shape index (κ1) is 20.1. The molecule has 1 aliphatic carbocycles. The van der Waals surface area contributed by atoms with E-state index in [0.717, 1.165) is 40.1 Å². The smallest absolute Gasteiger partial charge is 0.321 e. The number of nitrogens with one attached hydrogen (secondary N) is 2. The van der Waals surface area contributed by atoms with Crippen molar-refractivity contribution < 1.29 is 9.59 Å². The van der Waals surface area contributed by atoms with Gasteiger partial charge in [-0.05, 0) is 45.1 Å². The molecule has 8 heteroatoms. The summed E-state index contributed by atoms with van der Waals surface area (Å²) in [6.07, 6.45) is 4.44. The molecule has 3 amide bonds. The first-order valence-corrected chi connectivity index (χ1v) is 11.1. The first-order chi connectivity index (χ1) is 12.8. The minimum atomic E-state index is -0.397. The number of urea groups is 1. The molecule has 2 aromatic heterocycles. The molecule has 0 bridgehead atoms. The van der Waals surface area contributed by atoms with Gasteiger partial charge in [-0.3, -0.25) is 10.1 Å². The zero-order chi connectivity index (χ0) is 19.6. The molecular formula is C19H26N4O2S2. The molecule has 6 nitrogen and oxygen atoms in total.